The predicted octanol–water partition coefficient (Wildman–Crippen LogP) is 2.72. The average Bonchev–Trinajstić information content (AvgIpc) is 3.15. The van der Waals surface area contributed by atoms with E-state index in [1.807, 2.05) is 33.3 Å². The molecule has 24 heavy (non-hydrogen) atoms. The Morgan fingerprint density at radius 1 is 1.38 bits per heavy atom. The number of aryl methyl sites for hydroxylation is 2. The Labute approximate surface area is 143 Å². The number of carbonyl (C=O) groups is 1. The minimum atomic E-state index is -0.0794. The van der Waals surface area contributed by atoms with Crippen LogP contribution in [0, 0.1) is 12.8 Å². The summed E-state index contributed by atoms with van der Waals surface area (Å²) in [5.41, 5.74) is 2.86. The molecule has 0 saturated carbocycles. The van der Waals surface area contributed by atoms with Crippen molar-refractivity contribution in [3.05, 3.63) is 42.2 Å². The lowest BCUT2D eigenvalue weighted by Crippen LogP contribution is -2.36. The summed E-state index contributed by atoms with van der Waals surface area (Å²) in [5, 5.41) is 7.18. The highest BCUT2D eigenvalue weighted by atomic mass is 16.2. The summed E-state index contributed by atoms with van der Waals surface area (Å²) < 4.78 is 1.71. The van der Waals surface area contributed by atoms with E-state index in [9.17, 15) is 4.79 Å². The van der Waals surface area contributed by atoms with Crippen molar-refractivity contribution >= 4 is 17.4 Å². The molecule has 1 atom stereocenters. The van der Waals surface area contributed by atoms with E-state index in [0.717, 1.165) is 37.4 Å². The maximum absolute atomic E-state index is 12.4. The zero-order valence-electron chi connectivity index (χ0n) is 14.6. The van der Waals surface area contributed by atoms with Crippen molar-refractivity contribution in [1.29, 1.82) is 0 Å². The molecule has 3 rings (SSSR count). The largest absolute Gasteiger partial charge is 0.371 e. The number of hydrogen-bond donors (Lipinski definition) is 1. The van der Waals surface area contributed by atoms with Crippen LogP contribution in [0.2, 0.25) is 0 Å². The van der Waals surface area contributed by atoms with Crippen molar-refractivity contribution in [2.24, 2.45) is 13.0 Å². The van der Waals surface area contributed by atoms with Gasteiger partial charge in [-0.05, 0) is 31.4 Å². The maximum atomic E-state index is 12.4. The van der Waals surface area contributed by atoms with Crippen LogP contribution in [0.1, 0.15) is 12.1 Å². The molecular formula is C18H25N5O. The fraction of sp³-hybridized carbons (Fsp3) is 0.444. The number of para-hydroxylation sites is 1. The number of hydrogen-bond acceptors (Lipinski definition) is 3. The lowest BCUT2D eigenvalue weighted by Gasteiger charge is -2.22. The van der Waals surface area contributed by atoms with Gasteiger partial charge in [-0.3, -0.25) is 4.68 Å². The molecule has 2 heterocycles. The van der Waals surface area contributed by atoms with Crippen LogP contribution in [0.5, 0.6) is 0 Å². The third kappa shape index (κ3) is 3.69. The SMILES string of the molecule is Cc1nn(C)cc1NC(=O)N(C)CC1CCN(c2ccccc2)C1. The van der Waals surface area contributed by atoms with Crippen LogP contribution < -0.4 is 10.2 Å². The third-order valence-corrected chi connectivity index (χ3v) is 4.54. The highest BCUT2D eigenvalue weighted by Gasteiger charge is 2.25. The first-order chi connectivity index (χ1) is 11.5. The standard InChI is InChI=1S/C18H25N5O/c1-14-17(13-22(3)20-14)19-18(24)21(2)11-15-9-10-23(12-15)16-7-5-4-6-8-16/h4-8,13,15H,9-12H2,1-3H3,(H,19,24). The Balaban J connectivity index is 1.52. The van der Waals surface area contributed by atoms with Gasteiger partial charge in [0.25, 0.3) is 0 Å². The normalized spacial score (nSPS) is 17.1. The highest BCUT2D eigenvalue weighted by Crippen LogP contribution is 2.24. The van der Waals surface area contributed by atoms with Gasteiger partial charge in [-0.15, -0.1) is 0 Å². The van der Waals surface area contributed by atoms with Gasteiger partial charge < -0.3 is 15.1 Å². The van der Waals surface area contributed by atoms with Crippen LogP contribution in [-0.4, -0.2) is 47.4 Å². The van der Waals surface area contributed by atoms with Crippen LogP contribution in [0.4, 0.5) is 16.2 Å². The lowest BCUT2D eigenvalue weighted by atomic mass is 10.1. The summed E-state index contributed by atoms with van der Waals surface area (Å²) in [6.07, 6.45) is 2.94. The number of rotatable bonds is 4. The van der Waals surface area contributed by atoms with E-state index in [-0.39, 0.29) is 6.03 Å². The first-order valence-corrected chi connectivity index (χ1v) is 8.35. The topological polar surface area (TPSA) is 53.4 Å². The highest BCUT2D eigenvalue weighted by molar-refractivity contribution is 5.89. The Kier molecular flexibility index (Phi) is 4.74. The average molecular weight is 327 g/mol. The second-order valence-corrected chi connectivity index (χ2v) is 6.55. The van der Waals surface area contributed by atoms with Crippen molar-refractivity contribution in [3.63, 3.8) is 0 Å². The smallest absolute Gasteiger partial charge is 0.321 e. The summed E-state index contributed by atoms with van der Waals surface area (Å²) in [6, 6.07) is 10.4. The van der Waals surface area contributed by atoms with Gasteiger partial charge in [0.05, 0.1) is 11.4 Å². The molecule has 1 aromatic heterocycles. The summed E-state index contributed by atoms with van der Waals surface area (Å²) in [7, 11) is 3.70. The molecule has 1 N–H and O–H groups in total. The Morgan fingerprint density at radius 2 is 2.12 bits per heavy atom. The second kappa shape index (κ2) is 6.95. The number of urea groups is 1. The van der Waals surface area contributed by atoms with Crippen LogP contribution >= 0.6 is 0 Å². The van der Waals surface area contributed by atoms with E-state index >= 15 is 0 Å². The number of aromatic nitrogens is 2. The monoisotopic (exact) mass is 327 g/mol. The molecule has 128 valence electrons. The fourth-order valence-electron chi connectivity index (χ4n) is 3.26. The van der Waals surface area contributed by atoms with Gasteiger partial charge in [0.1, 0.15) is 0 Å². The number of nitrogens with one attached hydrogen (secondary N) is 1. The molecule has 1 aromatic carbocycles. The Morgan fingerprint density at radius 3 is 2.79 bits per heavy atom. The van der Waals surface area contributed by atoms with E-state index in [2.05, 4.69) is 39.6 Å². The van der Waals surface area contributed by atoms with Gasteiger partial charge in [0.15, 0.2) is 0 Å². The lowest BCUT2D eigenvalue weighted by molar-refractivity contribution is 0.215. The molecule has 1 fully saturated rings. The number of anilines is 2. The molecule has 2 amide bonds. The summed E-state index contributed by atoms with van der Waals surface area (Å²) >= 11 is 0. The molecule has 1 unspecified atom stereocenters. The van der Waals surface area contributed by atoms with E-state index in [0.29, 0.717) is 5.92 Å². The maximum Gasteiger partial charge on any atom is 0.321 e. The summed E-state index contributed by atoms with van der Waals surface area (Å²) in [5.74, 6) is 0.496. The summed E-state index contributed by atoms with van der Waals surface area (Å²) in [6.45, 7) is 4.69. The van der Waals surface area contributed by atoms with Gasteiger partial charge in [-0.1, -0.05) is 18.2 Å². The minimum absolute atomic E-state index is 0.0794. The molecule has 1 aliphatic rings. The molecule has 0 aliphatic carbocycles. The van der Waals surface area contributed by atoms with E-state index in [1.54, 1.807) is 9.58 Å². The zero-order valence-corrected chi connectivity index (χ0v) is 14.6. The summed E-state index contributed by atoms with van der Waals surface area (Å²) in [4.78, 5) is 16.5. The van der Waals surface area contributed by atoms with Gasteiger partial charge in [-0.25, -0.2) is 4.79 Å². The van der Waals surface area contributed by atoms with Gasteiger partial charge in [0.2, 0.25) is 0 Å². The van der Waals surface area contributed by atoms with E-state index < -0.39 is 0 Å². The van der Waals surface area contributed by atoms with E-state index in [1.165, 1.54) is 5.69 Å². The van der Waals surface area contributed by atoms with Crippen LogP contribution in [0.15, 0.2) is 36.5 Å². The number of nitrogens with zero attached hydrogens (tertiary/aromatic N) is 4. The third-order valence-electron chi connectivity index (χ3n) is 4.54. The first kappa shape index (κ1) is 16.4. The molecule has 0 radical (unpaired) electrons. The Hall–Kier alpha value is -2.50. The number of amides is 2. The van der Waals surface area contributed by atoms with Crippen molar-refractivity contribution in [3.8, 4) is 0 Å². The predicted molar refractivity (Wildman–Crippen MR) is 96.4 cm³/mol. The zero-order chi connectivity index (χ0) is 17.1. The molecule has 0 spiro atoms. The molecule has 6 nitrogen and oxygen atoms in total. The second-order valence-electron chi connectivity index (χ2n) is 6.55. The van der Waals surface area contributed by atoms with Crippen molar-refractivity contribution in [1.82, 2.24) is 14.7 Å². The Bertz CT molecular complexity index is 697. The van der Waals surface area contributed by atoms with Crippen molar-refractivity contribution < 1.29 is 4.79 Å². The van der Waals surface area contributed by atoms with Crippen LogP contribution in [0.3, 0.4) is 0 Å². The number of carbonyl (C=O) groups excluding carboxylic acids is 1. The molecule has 1 saturated heterocycles. The number of benzene rings is 1. The van der Waals surface area contributed by atoms with Gasteiger partial charge >= 0.3 is 6.03 Å². The van der Waals surface area contributed by atoms with Gasteiger partial charge in [-0.2, -0.15) is 5.10 Å². The molecule has 0 bridgehead atoms. The van der Waals surface area contributed by atoms with Crippen molar-refractivity contribution in [2.45, 2.75) is 13.3 Å². The minimum Gasteiger partial charge on any atom is -0.371 e. The van der Waals surface area contributed by atoms with Gasteiger partial charge in [0, 0.05) is 45.6 Å². The molecule has 6 heteroatoms. The molecule has 1 aliphatic heterocycles. The fourth-order valence-corrected chi connectivity index (χ4v) is 3.26. The first-order valence-electron chi connectivity index (χ1n) is 8.35. The quantitative estimate of drug-likeness (QED) is 0.939. The molecule has 2 aromatic rings. The van der Waals surface area contributed by atoms with Crippen LogP contribution in [-0.2, 0) is 7.05 Å². The molecular weight excluding hydrogens is 302 g/mol. The van der Waals surface area contributed by atoms with E-state index in [4.69, 9.17) is 0 Å². The van der Waals surface area contributed by atoms with Crippen LogP contribution in [0.25, 0.3) is 0 Å². The van der Waals surface area contributed by atoms with Crippen molar-refractivity contribution in [2.75, 3.05) is 36.9 Å².